The highest BCUT2D eigenvalue weighted by Crippen LogP contribution is 1.90. The minimum Gasteiger partial charge on any atom is -0.362 e. The SMILES string of the molecule is CC.CCCCN(C=N)CCNC. The van der Waals surface area contributed by atoms with Crippen LogP contribution in [0, 0.1) is 5.41 Å². The molecule has 13 heavy (non-hydrogen) atoms. The van der Waals surface area contributed by atoms with Crippen LogP contribution in [-0.4, -0.2) is 37.9 Å². The van der Waals surface area contributed by atoms with Gasteiger partial charge in [0, 0.05) is 19.6 Å². The molecule has 0 fully saturated rings. The van der Waals surface area contributed by atoms with Crippen LogP contribution >= 0.6 is 0 Å². The molecule has 3 heteroatoms. The standard InChI is InChI=1S/C8H19N3.C2H6/c1-3-4-6-11(8-9)7-5-10-2;1-2/h8-10H,3-7H2,1-2H3;1-2H3. The quantitative estimate of drug-likeness (QED) is 0.472. The van der Waals surface area contributed by atoms with Gasteiger partial charge in [-0.3, -0.25) is 5.41 Å². The minimum absolute atomic E-state index is 0.944. The lowest BCUT2D eigenvalue weighted by atomic mass is 10.3. The molecule has 0 aromatic carbocycles. The zero-order valence-electron chi connectivity index (χ0n) is 9.56. The highest BCUT2D eigenvalue weighted by molar-refractivity contribution is 5.50. The first-order valence-corrected chi connectivity index (χ1v) is 5.24. The van der Waals surface area contributed by atoms with Gasteiger partial charge in [-0.2, -0.15) is 0 Å². The predicted molar refractivity (Wildman–Crippen MR) is 60.5 cm³/mol. The number of likely N-dealkylation sites (N-methyl/N-ethyl adjacent to an activating group) is 1. The van der Waals surface area contributed by atoms with Gasteiger partial charge in [0.05, 0.1) is 6.34 Å². The lowest BCUT2D eigenvalue weighted by Crippen LogP contribution is -2.30. The average molecular weight is 187 g/mol. The van der Waals surface area contributed by atoms with Crippen molar-refractivity contribution in [3.63, 3.8) is 0 Å². The van der Waals surface area contributed by atoms with Crippen molar-refractivity contribution in [3.05, 3.63) is 0 Å². The molecule has 0 spiro atoms. The van der Waals surface area contributed by atoms with Crippen molar-refractivity contribution < 1.29 is 0 Å². The Morgan fingerprint density at radius 1 is 1.31 bits per heavy atom. The van der Waals surface area contributed by atoms with Crippen molar-refractivity contribution in [2.75, 3.05) is 26.7 Å². The normalized spacial score (nSPS) is 8.62. The lowest BCUT2D eigenvalue weighted by Gasteiger charge is -2.17. The number of nitrogens with one attached hydrogen (secondary N) is 2. The topological polar surface area (TPSA) is 39.1 Å². The van der Waals surface area contributed by atoms with Crippen molar-refractivity contribution in [2.24, 2.45) is 0 Å². The molecule has 0 heterocycles. The zero-order valence-corrected chi connectivity index (χ0v) is 9.56. The molecule has 0 rings (SSSR count). The summed E-state index contributed by atoms with van der Waals surface area (Å²) < 4.78 is 0. The van der Waals surface area contributed by atoms with E-state index in [1.165, 1.54) is 19.2 Å². The highest BCUT2D eigenvalue weighted by atomic mass is 15.1. The monoisotopic (exact) mass is 187 g/mol. The summed E-state index contributed by atoms with van der Waals surface area (Å²) in [6, 6.07) is 0. The van der Waals surface area contributed by atoms with E-state index < -0.39 is 0 Å². The van der Waals surface area contributed by atoms with Crippen molar-refractivity contribution >= 4 is 6.34 Å². The Labute approximate surface area is 83.0 Å². The van der Waals surface area contributed by atoms with Crippen LogP contribution in [0.2, 0.25) is 0 Å². The molecule has 3 nitrogen and oxygen atoms in total. The summed E-state index contributed by atoms with van der Waals surface area (Å²) in [5, 5.41) is 10.2. The van der Waals surface area contributed by atoms with Crippen LogP contribution < -0.4 is 5.32 Å². The number of hydrogen-bond donors (Lipinski definition) is 2. The van der Waals surface area contributed by atoms with Gasteiger partial charge < -0.3 is 10.2 Å². The number of hydrogen-bond acceptors (Lipinski definition) is 2. The van der Waals surface area contributed by atoms with Gasteiger partial charge in [0.15, 0.2) is 0 Å². The van der Waals surface area contributed by atoms with Gasteiger partial charge in [0.2, 0.25) is 0 Å². The van der Waals surface area contributed by atoms with Gasteiger partial charge in [0.1, 0.15) is 0 Å². The molecule has 0 aliphatic rings. The number of rotatable bonds is 7. The van der Waals surface area contributed by atoms with Crippen molar-refractivity contribution in [1.82, 2.24) is 10.2 Å². The summed E-state index contributed by atoms with van der Waals surface area (Å²) in [7, 11) is 1.93. The van der Waals surface area contributed by atoms with Gasteiger partial charge >= 0.3 is 0 Å². The van der Waals surface area contributed by atoms with E-state index in [4.69, 9.17) is 5.41 Å². The fraction of sp³-hybridized carbons (Fsp3) is 0.900. The van der Waals surface area contributed by atoms with Crippen molar-refractivity contribution in [1.29, 1.82) is 5.41 Å². The maximum absolute atomic E-state index is 7.09. The molecular weight excluding hydrogens is 162 g/mol. The first-order chi connectivity index (χ1) is 6.35. The molecule has 0 aromatic heterocycles. The fourth-order valence-electron chi connectivity index (χ4n) is 0.858. The Hall–Kier alpha value is -0.570. The third kappa shape index (κ3) is 11.4. The minimum atomic E-state index is 0.944. The van der Waals surface area contributed by atoms with Gasteiger partial charge in [-0.1, -0.05) is 27.2 Å². The van der Waals surface area contributed by atoms with E-state index in [-0.39, 0.29) is 0 Å². The molecule has 0 unspecified atom stereocenters. The van der Waals surface area contributed by atoms with E-state index in [1.54, 1.807) is 0 Å². The average Bonchev–Trinajstić information content (AvgIpc) is 2.21. The molecule has 80 valence electrons. The summed E-state index contributed by atoms with van der Waals surface area (Å²) in [4.78, 5) is 2.03. The van der Waals surface area contributed by atoms with Crippen molar-refractivity contribution in [2.45, 2.75) is 33.6 Å². The Morgan fingerprint density at radius 3 is 2.31 bits per heavy atom. The molecule has 0 aromatic rings. The fourth-order valence-corrected chi connectivity index (χ4v) is 0.858. The van der Waals surface area contributed by atoms with Gasteiger partial charge in [-0.05, 0) is 13.5 Å². The van der Waals surface area contributed by atoms with E-state index in [2.05, 4.69) is 12.2 Å². The van der Waals surface area contributed by atoms with Crippen LogP contribution in [0.25, 0.3) is 0 Å². The van der Waals surface area contributed by atoms with Crippen molar-refractivity contribution in [3.8, 4) is 0 Å². The van der Waals surface area contributed by atoms with E-state index in [1.807, 2.05) is 25.8 Å². The molecule has 0 saturated carbocycles. The number of nitrogens with zero attached hydrogens (tertiary/aromatic N) is 1. The number of unbranched alkanes of at least 4 members (excludes halogenated alkanes) is 1. The molecular formula is C10H25N3. The molecule has 0 aliphatic carbocycles. The third-order valence-corrected chi connectivity index (χ3v) is 1.63. The predicted octanol–water partition coefficient (Wildman–Crippen LogP) is 1.94. The Morgan fingerprint density at radius 2 is 1.92 bits per heavy atom. The second-order valence-corrected chi connectivity index (χ2v) is 2.62. The lowest BCUT2D eigenvalue weighted by molar-refractivity contribution is 0.415. The summed E-state index contributed by atoms with van der Waals surface area (Å²) in [5.74, 6) is 0. The van der Waals surface area contributed by atoms with Crippen LogP contribution in [0.4, 0.5) is 0 Å². The second kappa shape index (κ2) is 14.0. The van der Waals surface area contributed by atoms with Gasteiger partial charge in [-0.15, -0.1) is 0 Å². The van der Waals surface area contributed by atoms with Crippen LogP contribution in [0.5, 0.6) is 0 Å². The molecule has 0 amide bonds. The third-order valence-electron chi connectivity index (χ3n) is 1.63. The Kier molecular flexibility index (Phi) is 16.1. The second-order valence-electron chi connectivity index (χ2n) is 2.62. The van der Waals surface area contributed by atoms with E-state index in [0.717, 1.165) is 19.6 Å². The van der Waals surface area contributed by atoms with E-state index in [9.17, 15) is 0 Å². The summed E-state index contributed by atoms with van der Waals surface area (Å²) in [6.45, 7) is 9.08. The summed E-state index contributed by atoms with van der Waals surface area (Å²) in [5.41, 5.74) is 0. The molecule has 0 radical (unpaired) electrons. The molecule has 0 saturated heterocycles. The van der Waals surface area contributed by atoms with Crippen LogP contribution in [0.15, 0.2) is 0 Å². The molecule has 0 bridgehead atoms. The first kappa shape index (κ1) is 14.9. The van der Waals surface area contributed by atoms with Gasteiger partial charge in [-0.25, -0.2) is 0 Å². The zero-order chi connectivity index (χ0) is 10.5. The largest absolute Gasteiger partial charge is 0.362 e. The Balaban J connectivity index is 0. The Bertz CT molecular complexity index is 86.2. The first-order valence-electron chi connectivity index (χ1n) is 5.24. The van der Waals surface area contributed by atoms with Gasteiger partial charge in [0.25, 0.3) is 0 Å². The van der Waals surface area contributed by atoms with Crippen LogP contribution in [-0.2, 0) is 0 Å². The van der Waals surface area contributed by atoms with Crippen LogP contribution in [0.1, 0.15) is 33.6 Å². The summed E-state index contributed by atoms with van der Waals surface area (Å²) >= 11 is 0. The van der Waals surface area contributed by atoms with E-state index >= 15 is 0 Å². The molecule has 0 atom stereocenters. The maximum atomic E-state index is 7.09. The highest BCUT2D eigenvalue weighted by Gasteiger charge is 1.95. The molecule has 2 N–H and O–H groups in total. The maximum Gasteiger partial charge on any atom is 0.0817 e. The summed E-state index contributed by atoms with van der Waals surface area (Å²) in [6.07, 6.45) is 3.80. The van der Waals surface area contributed by atoms with Crippen LogP contribution in [0.3, 0.4) is 0 Å². The van der Waals surface area contributed by atoms with E-state index in [0.29, 0.717) is 0 Å². The molecule has 0 aliphatic heterocycles. The smallest absolute Gasteiger partial charge is 0.0817 e.